The van der Waals surface area contributed by atoms with Gasteiger partial charge in [0.1, 0.15) is 17.1 Å². The topological polar surface area (TPSA) is 27.7 Å². The van der Waals surface area contributed by atoms with E-state index in [4.69, 9.17) is 14.2 Å². The molecule has 2 aromatic carbocycles. The van der Waals surface area contributed by atoms with Gasteiger partial charge in [0.25, 0.3) is 0 Å². The van der Waals surface area contributed by atoms with Gasteiger partial charge < -0.3 is 14.2 Å². The van der Waals surface area contributed by atoms with E-state index in [0.717, 1.165) is 57.0 Å². The predicted molar refractivity (Wildman–Crippen MR) is 163 cm³/mol. The molecule has 2 rings (SSSR count). The number of hydrogen-bond donors (Lipinski definition) is 0. The monoisotopic (exact) mass is 524 g/mol. The van der Waals surface area contributed by atoms with Crippen molar-refractivity contribution in [3.05, 3.63) is 57.6 Å². The molecule has 0 fully saturated rings. The van der Waals surface area contributed by atoms with Crippen molar-refractivity contribution in [2.24, 2.45) is 11.3 Å². The third kappa shape index (κ3) is 10.6. The fraction of sp³-hybridized carbons (Fsp3) is 0.657. The maximum Gasteiger partial charge on any atom is 0.125 e. The highest BCUT2D eigenvalue weighted by Gasteiger charge is 2.24. The lowest BCUT2D eigenvalue weighted by atomic mass is 9.82. The number of benzene rings is 2. The third-order valence-corrected chi connectivity index (χ3v) is 7.61. The third-order valence-electron chi connectivity index (χ3n) is 7.61. The molecule has 0 radical (unpaired) electrons. The molecular formula is C35H56O3. The second kappa shape index (κ2) is 14.4. The Morgan fingerprint density at radius 2 is 1.11 bits per heavy atom. The summed E-state index contributed by atoms with van der Waals surface area (Å²) in [7, 11) is 0. The highest BCUT2D eigenvalue weighted by molar-refractivity contribution is 5.44. The van der Waals surface area contributed by atoms with Crippen LogP contribution in [0.2, 0.25) is 0 Å². The van der Waals surface area contributed by atoms with Crippen molar-refractivity contribution in [3.63, 3.8) is 0 Å². The SMILES string of the molecule is Cc1cc(CCCOCCCCCc2cc(C)c(OC(C)(C)C)c(C)c2)cc(C)c1OCC(C)(C)C(C)C. The number of ether oxygens (including phenoxy) is 3. The summed E-state index contributed by atoms with van der Waals surface area (Å²) in [6, 6.07) is 9.16. The molecule has 38 heavy (non-hydrogen) atoms. The molecule has 0 saturated heterocycles. The molecule has 0 atom stereocenters. The summed E-state index contributed by atoms with van der Waals surface area (Å²) in [4.78, 5) is 0. The molecule has 0 unspecified atom stereocenters. The smallest absolute Gasteiger partial charge is 0.125 e. The van der Waals surface area contributed by atoms with E-state index < -0.39 is 0 Å². The van der Waals surface area contributed by atoms with Crippen molar-refractivity contribution in [2.45, 2.75) is 120 Å². The largest absolute Gasteiger partial charge is 0.492 e. The lowest BCUT2D eigenvalue weighted by Crippen LogP contribution is -2.27. The summed E-state index contributed by atoms with van der Waals surface area (Å²) in [6.45, 7) is 26.5. The van der Waals surface area contributed by atoms with Crippen LogP contribution in [0, 0.1) is 39.0 Å². The van der Waals surface area contributed by atoms with E-state index in [-0.39, 0.29) is 11.0 Å². The number of aryl methyl sites for hydroxylation is 6. The minimum absolute atomic E-state index is 0.167. The summed E-state index contributed by atoms with van der Waals surface area (Å²) in [5.41, 5.74) is 7.74. The minimum atomic E-state index is -0.168. The van der Waals surface area contributed by atoms with Crippen LogP contribution in [-0.4, -0.2) is 25.4 Å². The zero-order valence-corrected chi connectivity index (χ0v) is 26.5. The maximum absolute atomic E-state index is 6.27. The van der Waals surface area contributed by atoms with Gasteiger partial charge >= 0.3 is 0 Å². The van der Waals surface area contributed by atoms with E-state index in [1.54, 1.807) is 0 Å². The van der Waals surface area contributed by atoms with Crippen molar-refractivity contribution in [1.82, 2.24) is 0 Å². The molecule has 0 heterocycles. The van der Waals surface area contributed by atoms with Crippen molar-refractivity contribution in [2.75, 3.05) is 19.8 Å². The molecule has 0 aliphatic carbocycles. The standard InChI is InChI=1S/C35H56O3/c1-25(2)35(10,11)24-37-32-26(3)20-31(21-27(32)4)17-15-19-36-18-14-12-13-16-30-22-28(5)33(29(6)23-30)38-34(7,8)9/h20-23,25H,12-19,24H2,1-11H3. The number of rotatable bonds is 15. The molecule has 0 saturated carbocycles. The molecule has 0 bridgehead atoms. The molecule has 0 aromatic heterocycles. The molecule has 2 aromatic rings. The lowest BCUT2D eigenvalue weighted by molar-refractivity contribution is 0.127. The molecule has 0 spiro atoms. The van der Waals surface area contributed by atoms with Gasteiger partial charge in [-0.3, -0.25) is 0 Å². The number of unbranched alkanes of at least 4 members (excludes halogenated alkanes) is 2. The Labute approximate surface area is 234 Å². The molecule has 3 heteroatoms. The molecule has 214 valence electrons. The van der Waals surface area contributed by atoms with Gasteiger partial charge in [0.15, 0.2) is 0 Å². The van der Waals surface area contributed by atoms with Crippen LogP contribution < -0.4 is 9.47 Å². The zero-order valence-electron chi connectivity index (χ0n) is 26.5. The Hall–Kier alpha value is -2.00. The van der Waals surface area contributed by atoms with Gasteiger partial charge in [-0.1, -0.05) is 58.4 Å². The van der Waals surface area contributed by atoms with Gasteiger partial charge in [0.2, 0.25) is 0 Å². The summed E-state index contributed by atoms with van der Waals surface area (Å²) < 4.78 is 18.4. The normalized spacial score (nSPS) is 12.3. The summed E-state index contributed by atoms with van der Waals surface area (Å²) in [5.74, 6) is 2.68. The van der Waals surface area contributed by atoms with Crippen LogP contribution in [0.1, 0.15) is 108 Å². The number of hydrogen-bond acceptors (Lipinski definition) is 3. The summed E-state index contributed by atoms with van der Waals surface area (Å²) >= 11 is 0. The van der Waals surface area contributed by atoms with Crippen molar-refractivity contribution in [3.8, 4) is 11.5 Å². The fourth-order valence-electron chi connectivity index (χ4n) is 4.68. The van der Waals surface area contributed by atoms with E-state index in [0.29, 0.717) is 5.92 Å². The highest BCUT2D eigenvalue weighted by atomic mass is 16.5. The first-order chi connectivity index (χ1) is 17.7. The molecular weight excluding hydrogens is 468 g/mol. The van der Waals surface area contributed by atoms with E-state index in [9.17, 15) is 0 Å². The van der Waals surface area contributed by atoms with Gasteiger partial charge in [-0.25, -0.2) is 0 Å². The van der Waals surface area contributed by atoms with Crippen molar-refractivity contribution < 1.29 is 14.2 Å². The zero-order chi connectivity index (χ0) is 28.5. The minimum Gasteiger partial charge on any atom is -0.492 e. The predicted octanol–water partition coefficient (Wildman–Crippen LogP) is 9.52. The van der Waals surface area contributed by atoms with Gasteiger partial charge in [-0.05, 0) is 120 Å². The van der Waals surface area contributed by atoms with Crippen LogP contribution in [0.25, 0.3) is 0 Å². The lowest BCUT2D eigenvalue weighted by Gasteiger charge is -2.29. The molecule has 0 aliphatic heterocycles. The van der Waals surface area contributed by atoms with Crippen LogP contribution in [0.4, 0.5) is 0 Å². The second-order valence-corrected chi connectivity index (χ2v) is 13.3. The Balaban J connectivity index is 1.65. The van der Waals surface area contributed by atoms with E-state index in [1.165, 1.54) is 46.2 Å². The van der Waals surface area contributed by atoms with Gasteiger partial charge in [-0.2, -0.15) is 0 Å². The van der Waals surface area contributed by atoms with Gasteiger partial charge in [0, 0.05) is 18.6 Å². The van der Waals surface area contributed by atoms with Crippen LogP contribution >= 0.6 is 0 Å². The first-order valence-electron chi connectivity index (χ1n) is 14.8. The highest BCUT2D eigenvalue weighted by Crippen LogP contribution is 2.31. The average Bonchev–Trinajstić information content (AvgIpc) is 2.79. The maximum atomic E-state index is 6.27. The Kier molecular flexibility index (Phi) is 12.2. The quantitative estimate of drug-likeness (QED) is 0.217. The Morgan fingerprint density at radius 1 is 0.632 bits per heavy atom. The molecule has 0 amide bonds. The molecule has 0 aliphatic rings. The average molecular weight is 525 g/mol. The fourth-order valence-corrected chi connectivity index (χ4v) is 4.68. The summed E-state index contributed by atoms with van der Waals surface area (Å²) in [5, 5.41) is 0. The van der Waals surface area contributed by atoms with Crippen molar-refractivity contribution in [1.29, 1.82) is 0 Å². The first-order valence-corrected chi connectivity index (χ1v) is 14.8. The molecule has 3 nitrogen and oxygen atoms in total. The van der Waals surface area contributed by atoms with Crippen LogP contribution in [0.5, 0.6) is 11.5 Å². The summed E-state index contributed by atoms with van der Waals surface area (Å²) in [6.07, 6.45) is 6.74. The van der Waals surface area contributed by atoms with E-state index >= 15 is 0 Å². The Bertz CT molecular complexity index is 964. The Morgan fingerprint density at radius 3 is 1.61 bits per heavy atom. The van der Waals surface area contributed by atoms with Gasteiger partial charge in [0.05, 0.1) is 6.61 Å². The van der Waals surface area contributed by atoms with Crippen LogP contribution in [0.3, 0.4) is 0 Å². The second-order valence-electron chi connectivity index (χ2n) is 13.3. The van der Waals surface area contributed by atoms with E-state index in [1.807, 2.05) is 0 Å². The van der Waals surface area contributed by atoms with E-state index in [2.05, 4.69) is 100 Å². The van der Waals surface area contributed by atoms with Gasteiger partial charge in [-0.15, -0.1) is 0 Å². The first kappa shape index (κ1) is 32.2. The van der Waals surface area contributed by atoms with Crippen LogP contribution in [0.15, 0.2) is 24.3 Å². The molecule has 0 N–H and O–H groups in total. The van der Waals surface area contributed by atoms with Crippen LogP contribution in [-0.2, 0) is 17.6 Å². The van der Waals surface area contributed by atoms with Crippen molar-refractivity contribution >= 4 is 0 Å².